The SMILES string of the molecule is CC(C)C(C(=O)NC1(CCl)CCCCC1)C(C)C. The fourth-order valence-electron chi connectivity index (χ4n) is 3.24. The van der Waals surface area contributed by atoms with Crippen LogP contribution < -0.4 is 5.32 Å². The second-order valence-electron chi connectivity index (χ2n) is 6.48. The number of carbonyl (C=O) groups is 1. The van der Waals surface area contributed by atoms with E-state index in [1.54, 1.807) is 0 Å². The van der Waals surface area contributed by atoms with E-state index >= 15 is 0 Å². The van der Waals surface area contributed by atoms with Crippen LogP contribution in [0.15, 0.2) is 0 Å². The molecule has 0 spiro atoms. The van der Waals surface area contributed by atoms with E-state index in [1.165, 1.54) is 19.3 Å². The molecule has 0 unspecified atom stereocenters. The van der Waals surface area contributed by atoms with Gasteiger partial charge in [-0.2, -0.15) is 0 Å². The third-order valence-corrected chi connectivity index (χ3v) is 4.71. The molecule has 0 bridgehead atoms. The second kappa shape index (κ2) is 6.79. The van der Waals surface area contributed by atoms with Crippen LogP contribution in [-0.2, 0) is 4.79 Å². The molecule has 0 aromatic carbocycles. The molecule has 0 radical (unpaired) electrons. The second-order valence-corrected chi connectivity index (χ2v) is 6.74. The predicted molar refractivity (Wildman–Crippen MR) is 77.8 cm³/mol. The van der Waals surface area contributed by atoms with Crippen molar-refractivity contribution in [1.29, 1.82) is 0 Å². The lowest BCUT2D eigenvalue weighted by atomic mass is 9.80. The minimum absolute atomic E-state index is 0.0898. The zero-order valence-corrected chi connectivity index (χ0v) is 13.0. The van der Waals surface area contributed by atoms with Gasteiger partial charge in [-0.05, 0) is 24.7 Å². The lowest BCUT2D eigenvalue weighted by Gasteiger charge is -2.38. The highest BCUT2D eigenvalue weighted by atomic mass is 35.5. The van der Waals surface area contributed by atoms with Gasteiger partial charge >= 0.3 is 0 Å². The van der Waals surface area contributed by atoms with Crippen LogP contribution in [-0.4, -0.2) is 17.3 Å². The van der Waals surface area contributed by atoms with Crippen molar-refractivity contribution in [3.63, 3.8) is 0 Å². The fraction of sp³-hybridized carbons (Fsp3) is 0.933. The van der Waals surface area contributed by atoms with Crippen LogP contribution in [0.1, 0.15) is 59.8 Å². The molecule has 1 aliphatic rings. The van der Waals surface area contributed by atoms with Crippen molar-refractivity contribution < 1.29 is 4.79 Å². The van der Waals surface area contributed by atoms with Crippen molar-refractivity contribution in [3.05, 3.63) is 0 Å². The zero-order valence-electron chi connectivity index (χ0n) is 12.3. The Kier molecular flexibility index (Phi) is 5.97. The molecule has 0 aromatic heterocycles. The van der Waals surface area contributed by atoms with Gasteiger partial charge in [0.25, 0.3) is 0 Å². The quantitative estimate of drug-likeness (QED) is 0.755. The number of hydrogen-bond acceptors (Lipinski definition) is 1. The van der Waals surface area contributed by atoms with Gasteiger partial charge in [0.05, 0.1) is 5.54 Å². The molecule has 1 N–H and O–H groups in total. The molecule has 3 heteroatoms. The maximum absolute atomic E-state index is 12.5. The summed E-state index contributed by atoms with van der Waals surface area (Å²) in [6.45, 7) is 8.49. The molecule has 18 heavy (non-hydrogen) atoms. The first kappa shape index (κ1) is 15.8. The van der Waals surface area contributed by atoms with Gasteiger partial charge in [0, 0.05) is 11.8 Å². The third kappa shape index (κ3) is 3.88. The molecular weight excluding hydrogens is 246 g/mol. The number of carbonyl (C=O) groups excluding carboxylic acids is 1. The van der Waals surface area contributed by atoms with E-state index in [4.69, 9.17) is 11.6 Å². The van der Waals surface area contributed by atoms with Crippen molar-refractivity contribution in [2.24, 2.45) is 17.8 Å². The van der Waals surface area contributed by atoms with Crippen LogP contribution in [0, 0.1) is 17.8 Å². The van der Waals surface area contributed by atoms with Gasteiger partial charge in [-0.3, -0.25) is 4.79 Å². The average Bonchev–Trinajstić information content (AvgIpc) is 2.29. The number of nitrogens with one attached hydrogen (secondary N) is 1. The Balaban J connectivity index is 2.71. The van der Waals surface area contributed by atoms with Crippen LogP contribution in [0.2, 0.25) is 0 Å². The number of amides is 1. The maximum Gasteiger partial charge on any atom is 0.224 e. The van der Waals surface area contributed by atoms with Gasteiger partial charge in [0.1, 0.15) is 0 Å². The summed E-state index contributed by atoms with van der Waals surface area (Å²) in [5.74, 6) is 1.58. The minimum atomic E-state index is -0.140. The summed E-state index contributed by atoms with van der Waals surface area (Å²) in [6, 6.07) is 0. The molecule has 0 aliphatic heterocycles. The summed E-state index contributed by atoms with van der Waals surface area (Å²) < 4.78 is 0. The van der Waals surface area contributed by atoms with Crippen molar-refractivity contribution in [1.82, 2.24) is 5.32 Å². The Morgan fingerprint density at radius 2 is 1.61 bits per heavy atom. The van der Waals surface area contributed by atoms with E-state index < -0.39 is 0 Å². The molecular formula is C15H28ClNO. The normalized spacial score (nSPS) is 19.6. The average molecular weight is 274 g/mol. The van der Waals surface area contributed by atoms with Gasteiger partial charge in [-0.15, -0.1) is 11.6 Å². The molecule has 1 saturated carbocycles. The molecule has 1 aliphatic carbocycles. The lowest BCUT2D eigenvalue weighted by molar-refractivity contribution is -0.130. The molecule has 1 amide bonds. The molecule has 0 aromatic rings. The molecule has 2 nitrogen and oxygen atoms in total. The Hall–Kier alpha value is -0.240. The van der Waals surface area contributed by atoms with Crippen molar-refractivity contribution in [3.8, 4) is 0 Å². The Morgan fingerprint density at radius 3 is 2.00 bits per heavy atom. The summed E-state index contributed by atoms with van der Waals surface area (Å²) in [7, 11) is 0. The fourth-order valence-corrected chi connectivity index (χ4v) is 3.57. The molecule has 0 atom stereocenters. The Labute approximate surface area is 117 Å². The summed E-state index contributed by atoms with van der Waals surface area (Å²) in [6.07, 6.45) is 5.70. The van der Waals surface area contributed by atoms with Crippen molar-refractivity contribution in [2.45, 2.75) is 65.3 Å². The molecule has 0 saturated heterocycles. The highest BCUT2D eigenvalue weighted by Crippen LogP contribution is 2.31. The third-order valence-electron chi connectivity index (χ3n) is 4.19. The number of halogens is 1. The van der Waals surface area contributed by atoms with Gasteiger partial charge in [-0.25, -0.2) is 0 Å². The summed E-state index contributed by atoms with van der Waals surface area (Å²) in [4.78, 5) is 12.5. The molecule has 1 rings (SSSR count). The standard InChI is InChI=1S/C15H28ClNO/c1-11(2)13(12(3)4)14(18)17-15(10-16)8-6-5-7-9-15/h11-13H,5-10H2,1-4H3,(H,17,18). The largest absolute Gasteiger partial charge is 0.349 e. The van der Waals surface area contributed by atoms with Crippen LogP contribution in [0.4, 0.5) is 0 Å². The van der Waals surface area contributed by atoms with Crippen LogP contribution in [0.3, 0.4) is 0 Å². The minimum Gasteiger partial charge on any atom is -0.349 e. The topological polar surface area (TPSA) is 29.1 Å². The predicted octanol–water partition coefficient (Wildman–Crippen LogP) is 3.97. The summed E-state index contributed by atoms with van der Waals surface area (Å²) in [5.41, 5.74) is -0.140. The Bertz CT molecular complexity index is 262. The van der Waals surface area contributed by atoms with E-state index in [2.05, 4.69) is 33.0 Å². The zero-order chi connectivity index (χ0) is 13.8. The van der Waals surface area contributed by atoms with Crippen molar-refractivity contribution in [2.75, 3.05) is 5.88 Å². The molecule has 1 fully saturated rings. The highest BCUT2D eigenvalue weighted by Gasteiger charge is 2.36. The number of rotatable bonds is 5. The first-order valence-electron chi connectivity index (χ1n) is 7.30. The number of alkyl halides is 1. The van der Waals surface area contributed by atoms with E-state index in [-0.39, 0.29) is 17.4 Å². The van der Waals surface area contributed by atoms with Crippen molar-refractivity contribution >= 4 is 17.5 Å². The molecule has 106 valence electrons. The van der Waals surface area contributed by atoms with Crippen LogP contribution in [0.5, 0.6) is 0 Å². The van der Waals surface area contributed by atoms with E-state index in [0.717, 1.165) is 12.8 Å². The monoisotopic (exact) mass is 273 g/mol. The van der Waals surface area contributed by atoms with E-state index in [9.17, 15) is 4.79 Å². The smallest absolute Gasteiger partial charge is 0.224 e. The van der Waals surface area contributed by atoms with Crippen LogP contribution in [0.25, 0.3) is 0 Å². The summed E-state index contributed by atoms with van der Waals surface area (Å²) >= 11 is 6.13. The highest BCUT2D eigenvalue weighted by molar-refractivity contribution is 6.18. The van der Waals surface area contributed by atoms with Crippen LogP contribution >= 0.6 is 11.6 Å². The maximum atomic E-state index is 12.5. The van der Waals surface area contributed by atoms with Gasteiger partial charge in [0.15, 0.2) is 0 Å². The summed E-state index contributed by atoms with van der Waals surface area (Å²) in [5, 5.41) is 3.27. The van der Waals surface area contributed by atoms with Gasteiger partial charge in [-0.1, -0.05) is 47.0 Å². The Morgan fingerprint density at radius 1 is 1.11 bits per heavy atom. The number of hydrogen-bond donors (Lipinski definition) is 1. The van der Waals surface area contributed by atoms with E-state index in [1.807, 2.05) is 0 Å². The first-order chi connectivity index (χ1) is 8.42. The van der Waals surface area contributed by atoms with E-state index in [0.29, 0.717) is 17.7 Å². The van der Waals surface area contributed by atoms with Gasteiger partial charge in [0.2, 0.25) is 5.91 Å². The van der Waals surface area contributed by atoms with Gasteiger partial charge < -0.3 is 5.32 Å². The first-order valence-corrected chi connectivity index (χ1v) is 7.83. The lowest BCUT2D eigenvalue weighted by Crippen LogP contribution is -2.54. The molecule has 0 heterocycles.